The number of aryl methyl sites for hydroxylation is 1. The second kappa shape index (κ2) is 11.6. The van der Waals surface area contributed by atoms with Crippen molar-refractivity contribution in [2.24, 2.45) is 0 Å². The van der Waals surface area contributed by atoms with Crippen molar-refractivity contribution < 1.29 is 9.84 Å². The van der Waals surface area contributed by atoms with E-state index in [9.17, 15) is 5.11 Å². The summed E-state index contributed by atoms with van der Waals surface area (Å²) in [7, 11) is 3.87. The zero-order valence-electron chi connectivity index (χ0n) is 23.8. The number of fused-ring (bicyclic) bond motifs is 2. The summed E-state index contributed by atoms with van der Waals surface area (Å²) in [5, 5.41) is 10.7. The Morgan fingerprint density at radius 3 is 2.60 bits per heavy atom. The number of methoxy groups -OCH3 is 1. The quantitative estimate of drug-likeness (QED) is 0.350. The van der Waals surface area contributed by atoms with Crippen molar-refractivity contribution in [3.63, 3.8) is 0 Å². The molecule has 0 bridgehead atoms. The molecule has 0 amide bonds. The van der Waals surface area contributed by atoms with E-state index in [4.69, 9.17) is 14.7 Å². The first-order chi connectivity index (χ1) is 19.6. The van der Waals surface area contributed by atoms with Gasteiger partial charge in [0.15, 0.2) is 0 Å². The highest BCUT2D eigenvalue weighted by atomic mass is 16.5. The molecule has 2 aliphatic rings. The van der Waals surface area contributed by atoms with Crippen molar-refractivity contribution in [1.29, 1.82) is 0 Å². The Balaban J connectivity index is 1.41. The van der Waals surface area contributed by atoms with E-state index in [0.717, 1.165) is 74.0 Å². The van der Waals surface area contributed by atoms with Crippen LogP contribution in [-0.4, -0.2) is 69.6 Å². The van der Waals surface area contributed by atoms with Gasteiger partial charge >= 0.3 is 0 Å². The van der Waals surface area contributed by atoms with E-state index in [1.807, 2.05) is 24.4 Å². The number of rotatable bonds is 8. The van der Waals surface area contributed by atoms with Gasteiger partial charge in [-0.1, -0.05) is 24.3 Å². The van der Waals surface area contributed by atoms with E-state index in [1.54, 1.807) is 7.11 Å². The molecule has 40 heavy (non-hydrogen) atoms. The average molecular weight is 541 g/mol. The molecule has 1 fully saturated rings. The van der Waals surface area contributed by atoms with Crippen LogP contribution in [0.4, 0.5) is 5.82 Å². The first kappa shape index (κ1) is 26.7. The van der Waals surface area contributed by atoms with Gasteiger partial charge in [-0.2, -0.15) is 0 Å². The van der Waals surface area contributed by atoms with Crippen molar-refractivity contribution >= 4 is 11.5 Å². The Morgan fingerprint density at radius 1 is 1.05 bits per heavy atom. The van der Waals surface area contributed by atoms with Crippen molar-refractivity contribution in [2.75, 3.05) is 45.2 Å². The lowest BCUT2D eigenvalue weighted by molar-refractivity contribution is 0.113. The average Bonchev–Trinajstić information content (AvgIpc) is 3.37. The van der Waals surface area contributed by atoms with Gasteiger partial charge in [-0.15, -0.1) is 0 Å². The van der Waals surface area contributed by atoms with Gasteiger partial charge in [0.25, 0.3) is 0 Å². The molecule has 8 heteroatoms. The molecule has 1 aliphatic heterocycles. The first-order valence-corrected chi connectivity index (χ1v) is 14.4. The number of anilines is 1. The monoisotopic (exact) mass is 540 g/mol. The fraction of sp³-hybridized carbons (Fsp3) is 0.438. The van der Waals surface area contributed by atoms with Gasteiger partial charge in [-0.05, 0) is 74.7 Å². The molecule has 8 nitrogen and oxygen atoms in total. The van der Waals surface area contributed by atoms with Gasteiger partial charge in [-0.25, -0.2) is 4.98 Å². The number of aromatic nitrogens is 3. The second-order valence-electron chi connectivity index (χ2n) is 11.1. The molecule has 1 aliphatic carbocycles. The Hall–Kier alpha value is -3.46. The topological polar surface area (TPSA) is 69.4 Å². The minimum absolute atomic E-state index is 0.0640. The van der Waals surface area contributed by atoms with E-state index >= 15 is 0 Å². The van der Waals surface area contributed by atoms with Crippen molar-refractivity contribution in [3.05, 3.63) is 89.0 Å². The third-order valence-electron chi connectivity index (χ3n) is 8.77. The fourth-order valence-corrected chi connectivity index (χ4v) is 6.42. The molecule has 1 saturated heterocycles. The predicted octanol–water partition coefficient (Wildman–Crippen LogP) is 4.62. The van der Waals surface area contributed by atoms with Gasteiger partial charge < -0.3 is 19.6 Å². The van der Waals surface area contributed by atoms with Crippen LogP contribution in [0, 0.1) is 0 Å². The Kier molecular flexibility index (Phi) is 7.74. The van der Waals surface area contributed by atoms with E-state index in [2.05, 4.69) is 69.5 Å². The maximum atomic E-state index is 10.7. The van der Waals surface area contributed by atoms with Crippen molar-refractivity contribution in [3.8, 4) is 5.75 Å². The maximum absolute atomic E-state index is 10.7. The van der Waals surface area contributed by atoms with Crippen molar-refractivity contribution in [2.45, 2.75) is 51.4 Å². The van der Waals surface area contributed by atoms with Crippen LogP contribution >= 0.6 is 0 Å². The van der Waals surface area contributed by atoms with Gasteiger partial charge in [0.2, 0.25) is 0 Å². The Morgan fingerprint density at radius 2 is 1.85 bits per heavy atom. The molecular weight excluding hydrogens is 500 g/mol. The molecule has 3 aromatic heterocycles. The van der Waals surface area contributed by atoms with Gasteiger partial charge in [-0.3, -0.25) is 14.3 Å². The summed E-state index contributed by atoms with van der Waals surface area (Å²) in [5.74, 6) is 1.96. The maximum Gasteiger partial charge on any atom is 0.138 e. The number of aliphatic hydroxyl groups excluding tert-OH is 1. The number of piperazine rings is 1. The summed E-state index contributed by atoms with van der Waals surface area (Å²) < 4.78 is 7.60. The third kappa shape index (κ3) is 5.07. The lowest BCUT2D eigenvalue weighted by Crippen LogP contribution is -2.45. The van der Waals surface area contributed by atoms with Crippen LogP contribution in [0.5, 0.6) is 5.75 Å². The number of likely N-dealkylation sites (N-methyl/N-ethyl adjacent to an activating group) is 1. The van der Waals surface area contributed by atoms with Crippen LogP contribution in [0.2, 0.25) is 0 Å². The van der Waals surface area contributed by atoms with Crippen LogP contribution in [0.1, 0.15) is 60.1 Å². The SMILES string of the molecule is COc1ccc([C@H](C)N(Cc2nc3cccc(N4CCN(C)CC4)n3c2CO)C2CCCc3cccnc32)cc1. The summed E-state index contributed by atoms with van der Waals surface area (Å²) in [4.78, 5) is 17.3. The normalized spacial score (nSPS) is 18.7. The van der Waals surface area contributed by atoms with E-state index in [0.29, 0.717) is 6.54 Å². The summed E-state index contributed by atoms with van der Waals surface area (Å²) >= 11 is 0. The lowest BCUT2D eigenvalue weighted by atomic mass is 9.89. The van der Waals surface area contributed by atoms with Crippen LogP contribution in [-0.2, 0) is 19.6 Å². The van der Waals surface area contributed by atoms with Crippen LogP contribution in [0.15, 0.2) is 60.8 Å². The van der Waals surface area contributed by atoms with Crippen LogP contribution in [0.3, 0.4) is 0 Å². The van der Waals surface area contributed by atoms with E-state index in [-0.39, 0.29) is 18.7 Å². The highest BCUT2D eigenvalue weighted by molar-refractivity contribution is 5.55. The third-order valence-corrected chi connectivity index (χ3v) is 8.77. The number of nitrogens with zero attached hydrogens (tertiary/aromatic N) is 6. The van der Waals surface area contributed by atoms with Crippen molar-refractivity contribution in [1.82, 2.24) is 24.2 Å². The van der Waals surface area contributed by atoms with Crippen LogP contribution < -0.4 is 9.64 Å². The van der Waals surface area contributed by atoms with E-state index < -0.39 is 0 Å². The molecular formula is C32H40N6O2. The summed E-state index contributed by atoms with van der Waals surface area (Å²) in [5.41, 5.74) is 6.40. The zero-order valence-corrected chi connectivity index (χ0v) is 23.8. The molecule has 1 N–H and O–H groups in total. The number of imidazole rings is 1. The number of hydrogen-bond acceptors (Lipinski definition) is 7. The number of aliphatic hydroxyl groups is 1. The fourth-order valence-electron chi connectivity index (χ4n) is 6.42. The molecule has 1 aromatic carbocycles. The molecule has 0 spiro atoms. The van der Waals surface area contributed by atoms with Gasteiger partial charge in [0.1, 0.15) is 17.2 Å². The van der Waals surface area contributed by atoms with Gasteiger partial charge in [0.05, 0.1) is 36.8 Å². The number of hydrogen-bond donors (Lipinski definition) is 1. The molecule has 4 aromatic rings. The first-order valence-electron chi connectivity index (χ1n) is 14.4. The minimum atomic E-state index is -0.0640. The summed E-state index contributed by atoms with van der Waals surface area (Å²) in [6.07, 6.45) is 5.15. The Labute approximate surface area is 236 Å². The molecule has 4 heterocycles. The number of ether oxygens (including phenoxy) is 1. The van der Waals surface area contributed by atoms with Gasteiger partial charge in [0, 0.05) is 45.0 Å². The highest BCUT2D eigenvalue weighted by Crippen LogP contribution is 2.39. The summed E-state index contributed by atoms with van der Waals surface area (Å²) in [6, 6.07) is 19.2. The zero-order chi connectivity index (χ0) is 27.6. The highest BCUT2D eigenvalue weighted by Gasteiger charge is 2.32. The minimum Gasteiger partial charge on any atom is -0.497 e. The molecule has 1 unspecified atom stereocenters. The predicted molar refractivity (Wildman–Crippen MR) is 158 cm³/mol. The van der Waals surface area contributed by atoms with Crippen LogP contribution in [0.25, 0.3) is 5.65 Å². The Bertz CT molecular complexity index is 1440. The number of pyridine rings is 2. The summed E-state index contributed by atoms with van der Waals surface area (Å²) in [6.45, 7) is 6.78. The van der Waals surface area contributed by atoms with E-state index in [1.165, 1.54) is 16.8 Å². The smallest absolute Gasteiger partial charge is 0.138 e. The number of benzene rings is 1. The lowest BCUT2D eigenvalue weighted by Gasteiger charge is -2.39. The largest absolute Gasteiger partial charge is 0.497 e. The molecule has 0 radical (unpaired) electrons. The molecule has 210 valence electrons. The second-order valence-corrected chi connectivity index (χ2v) is 11.1. The molecule has 6 rings (SSSR count). The molecule has 2 atom stereocenters. The standard InChI is InChI=1S/C32H40N6O2/c1-23(24-12-14-26(40-3)15-13-24)37(28-9-4-7-25-8-6-16-33-32(25)28)21-27-29(22-39)38-30(34-27)10-5-11-31(38)36-19-17-35(2)18-20-36/h5-6,8,10-16,23,28,39H,4,7,9,17-22H2,1-3H3/t23-,28?/m0/s1. The molecule has 0 saturated carbocycles.